The van der Waals surface area contributed by atoms with Crippen LogP contribution >= 0.6 is 0 Å². The second-order valence-corrected chi connectivity index (χ2v) is 8.01. The number of rotatable bonds is 6. The third-order valence-electron chi connectivity index (χ3n) is 5.52. The van der Waals surface area contributed by atoms with E-state index in [4.69, 9.17) is 4.74 Å². The molecule has 3 rings (SSSR count). The Hall–Kier alpha value is -1.65. The van der Waals surface area contributed by atoms with Crippen molar-refractivity contribution >= 4 is 5.91 Å². The number of nitrogens with one attached hydrogen (secondary N) is 1. The monoisotopic (exact) mass is 356 g/mol. The van der Waals surface area contributed by atoms with Gasteiger partial charge in [-0.1, -0.05) is 44.2 Å². The maximum Gasteiger partial charge on any atom is 0.251 e. The van der Waals surface area contributed by atoms with Gasteiger partial charge in [0.2, 0.25) is 0 Å². The van der Waals surface area contributed by atoms with Crippen molar-refractivity contribution in [1.29, 1.82) is 0 Å². The molecule has 2 aliphatic heterocycles. The summed E-state index contributed by atoms with van der Waals surface area (Å²) in [5, 5.41) is 3.03. The molecule has 4 nitrogen and oxygen atoms in total. The van der Waals surface area contributed by atoms with Gasteiger partial charge in [-0.3, -0.25) is 9.69 Å². The summed E-state index contributed by atoms with van der Waals surface area (Å²) < 4.78 is 6.41. The highest BCUT2D eigenvalue weighted by Crippen LogP contribution is 2.38. The standard InChI is InChI=1S/C22H32N2O2/c1-18(2)7-6-14-24-15-12-22(13-16-24)11-10-20(26-22)17-23-21(25)19-8-4-3-5-9-19/h3-9,18,20H,10-17H2,1-2H3,(H,23,25)/b7-6+. The minimum Gasteiger partial charge on any atom is -0.370 e. The number of ether oxygens (including phenoxy) is 1. The smallest absolute Gasteiger partial charge is 0.251 e. The summed E-state index contributed by atoms with van der Waals surface area (Å²) >= 11 is 0. The van der Waals surface area contributed by atoms with Crippen LogP contribution in [-0.2, 0) is 4.74 Å². The van der Waals surface area contributed by atoms with Crippen LogP contribution < -0.4 is 5.32 Å². The Morgan fingerprint density at radius 2 is 2.00 bits per heavy atom. The van der Waals surface area contributed by atoms with Gasteiger partial charge in [0.15, 0.2) is 0 Å². The van der Waals surface area contributed by atoms with Crippen molar-refractivity contribution in [2.75, 3.05) is 26.2 Å². The molecule has 1 aromatic carbocycles. The van der Waals surface area contributed by atoms with E-state index >= 15 is 0 Å². The van der Waals surface area contributed by atoms with E-state index in [1.807, 2.05) is 30.3 Å². The average molecular weight is 357 g/mol. The first-order valence-electron chi connectivity index (χ1n) is 9.96. The summed E-state index contributed by atoms with van der Waals surface area (Å²) in [6.45, 7) is 8.29. The topological polar surface area (TPSA) is 41.6 Å². The van der Waals surface area contributed by atoms with Crippen LogP contribution in [0.15, 0.2) is 42.5 Å². The first-order valence-corrected chi connectivity index (χ1v) is 9.96. The molecule has 0 aromatic heterocycles. The van der Waals surface area contributed by atoms with Gasteiger partial charge < -0.3 is 10.1 Å². The number of hydrogen-bond acceptors (Lipinski definition) is 3. The average Bonchev–Trinajstić information content (AvgIpc) is 3.05. The van der Waals surface area contributed by atoms with E-state index in [0.29, 0.717) is 18.0 Å². The van der Waals surface area contributed by atoms with E-state index < -0.39 is 0 Å². The van der Waals surface area contributed by atoms with E-state index in [-0.39, 0.29) is 17.6 Å². The molecule has 1 unspecified atom stereocenters. The number of amides is 1. The van der Waals surface area contributed by atoms with Gasteiger partial charge >= 0.3 is 0 Å². The number of piperidine rings is 1. The zero-order valence-electron chi connectivity index (χ0n) is 16.1. The molecule has 1 spiro atoms. The van der Waals surface area contributed by atoms with E-state index in [2.05, 4.69) is 36.2 Å². The summed E-state index contributed by atoms with van der Waals surface area (Å²) in [6, 6.07) is 9.39. The molecule has 1 aromatic rings. The fourth-order valence-corrected chi connectivity index (χ4v) is 3.93. The quantitative estimate of drug-likeness (QED) is 0.791. The van der Waals surface area contributed by atoms with Crippen LogP contribution in [0.4, 0.5) is 0 Å². The van der Waals surface area contributed by atoms with Crippen molar-refractivity contribution in [3.05, 3.63) is 48.0 Å². The Labute approximate surface area is 157 Å². The Morgan fingerprint density at radius 1 is 1.27 bits per heavy atom. The largest absolute Gasteiger partial charge is 0.370 e. The highest BCUT2D eigenvalue weighted by Gasteiger charge is 2.42. The Morgan fingerprint density at radius 3 is 2.69 bits per heavy atom. The lowest BCUT2D eigenvalue weighted by molar-refractivity contribution is -0.0741. The number of benzene rings is 1. The SMILES string of the molecule is CC(C)/C=C/CN1CCC2(CCC(CNC(=O)c3ccccc3)O2)CC1. The molecular weight excluding hydrogens is 324 g/mol. The zero-order chi connectivity index (χ0) is 18.4. The third kappa shape index (κ3) is 5.18. The van der Waals surface area contributed by atoms with Crippen LogP contribution in [0.5, 0.6) is 0 Å². The normalized spacial score (nSPS) is 23.1. The maximum absolute atomic E-state index is 12.2. The molecule has 0 bridgehead atoms. The van der Waals surface area contributed by atoms with Crippen molar-refractivity contribution in [3.8, 4) is 0 Å². The van der Waals surface area contributed by atoms with E-state index in [9.17, 15) is 4.79 Å². The van der Waals surface area contributed by atoms with E-state index in [1.165, 1.54) is 0 Å². The van der Waals surface area contributed by atoms with Crippen LogP contribution in [0.2, 0.25) is 0 Å². The summed E-state index contributed by atoms with van der Waals surface area (Å²) in [6.07, 6.45) is 9.09. The molecule has 142 valence electrons. The van der Waals surface area contributed by atoms with E-state index in [0.717, 1.165) is 45.3 Å². The van der Waals surface area contributed by atoms with Gasteiger partial charge in [-0.15, -0.1) is 0 Å². The zero-order valence-corrected chi connectivity index (χ0v) is 16.1. The fraction of sp³-hybridized carbons (Fsp3) is 0.591. The van der Waals surface area contributed by atoms with Crippen molar-refractivity contribution in [2.45, 2.75) is 51.2 Å². The molecule has 2 aliphatic rings. The highest BCUT2D eigenvalue weighted by atomic mass is 16.5. The summed E-state index contributed by atoms with van der Waals surface area (Å²) in [5.74, 6) is 0.609. The molecule has 1 N–H and O–H groups in total. The molecule has 0 aliphatic carbocycles. The first-order chi connectivity index (χ1) is 12.6. The minimum absolute atomic E-state index is 0.0121. The van der Waals surface area contributed by atoms with Gasteiger partial charge in [0.05, 0.1) is 11.7 Å². The molecule has 4 heteroatoms. The van der Waals surface area contributed by atoms with Crippen molar-refractivity contribution < 1.29 is 9.53 Å². The Bertz CT molecular complexity index is 604. The number of carbonyl (C=O) groups excluding carboxylic acids is 1. The Kier molecular flexibility index (Phi) is 6.49. The number of hydrogen-bond donors (Lipinski definition) is 1. The molecule has 1 amide bonds. The van der Waals surface area contributed by atoms with Crippen LogP contribution in [0.3, 0.4) is 0 Å². The Balaban J connectivity index is 1.41. The molecule has 26 heavy (non-hydrogen) atoms. The summed E-state index contributed by atoms with van der Waals surface area (Å²) in [7, 11) is 0. The first kappa shape index (κ1) is 19.1. The molecule has 2 saturated heterocycles. The molecule has 0 saturated carbocycles. The van der Waals surface area contributed by atoms with Crippen LogP contribution in [0.1, 0.15) is 49.9 Å². The van der Waals surface area contributed by atoms with Crippen molar-refractivity contribution in [1.82, 2.24) is 10.2 Å². The molecule has 2 heterocycles. The van der Waals surface area contributed by atoms with Gasteiger partial charge in [-0.05, 0) is 43.7 Å². The summed E-state index contributed by atoms with van der Waals surface area (Å²) in [4.78, 5) is 14.7. The van der Waals surface area contributed by atoms with Crippen LogP contribution in [0, 0.1) is 5.92 Å². The maximum atomic E-state index is 12.2. The number of likely N-dealkylation sites (tertiary alicyclic amines) is 1. The van der Waals surface area contributed by atoms with Crippen LogP contribution in [-0.4, -0.2) is 48.7 Å². The summed E-state index contributed by atoms with van der Waals surface area (Å²) in [5.41, 5.74) is 0.753. The highest BCUT2D eigenvalue weighted by molar-refractivity contribution is 5.94. The second kappa shape index (κ2) is 8.83. The van der Waals surface area contributed by atoms with Crippen molar-refractivity contribution in [2.24, 2.45) is 5.92 Å². The molecule has 0 radical (unpaired) electrons. The van der Waals surface area contributed by atoms with Crippen molar-refractivity contribution in [3.63, 3.8) is 0 Å². The van der Waals surface area contributed by atoms with Gasteiger partial charge in [0.1, 0.15) is 0 Å². The minimum atomic E-state index is -0.0121. The molecule has 2 fully saturated rings. The van der Waals surface area contributed by atoms with Gasteiger partial charge in [0, 0.05) is 31.7 Å². The van der Waals surface area contributed by atoms with Gasteiger partial charge in [-0.25, -0.2) is 0 Å². The second-order valence-electron chi connectivity index (χ2n) is 8.01. The lowest BCUT2D eigenvalue weighted by atomic mass is 9.88. The molecule has 1 atom stereocenters. The lowest BCUT2D eigenvalue weighted by Gasteiger charge is -2.38. The number of allylic oxidation sites excluding steroid dienone is 1. The van der Waals surface area contributed by atoms with Gasteiger partial charge in [0.25, 0.3) is 5.91 Å². The fourth-order valence-electron chi connectivity index (χ4n) is 3.93. The van der Waals surface area contributed by atoms with Gasteiger partial charge in [-0.2, -0.15) is 0 Å². The van der Waals surface area contributed by atoms with E-state index in [1.54, 1.807) is 0 Å². The predicted octanol–water partition coefficient (Wildman–Crippen LogP) is 3.64. The predicted molar refractivity (Wildman–Crippen MR) is 105 cm³/mol. The molecular formula is C22H32N2O2. The number of carbonyl (C=O) groups is 1. The number of nitrogens with zero attached hydrogens (tertiary/aromatic N) is 1. The lowest BCUT2D eigenvalue weighted by Crippen LogP contribution is -2.45. The third-order valence-corrected chi connectivity index (χ3v) is 5.52. The van der Waals surface area contributed by atoms with Crippen LogP contribution in [0.25, 0.3) is 0 Å².